The second-order valence-corrected chi connectivity index (χ2v) is 6.02. The number of aliphatic hydroxyl groups excluding tert-OH is 1. The number of H-pyrrole nitrogens is 1. The average Bonchev–Trinajstić information content (AvgIpc) is 3.19. The summed E-state index contributed by atoms with van der Waals surface area (Å²) in [5, 5.41) is 20.5. The van der Waals surface area contributed by atoms with Gasteiger partial charge in [-0.05, 0) is 43.0 Å². The van der Waals surface area contributed by atoms with Gasteiger partial charge in [-0.2, -0.15) is 5.10 Å². The summed E-state index contributed by atoms with van der Waals surface area (Å²) in [5.41, 5.74) is 2.82. The zero-order valence-electron chi connectivity index (χ0n) is 12.6. The molecule has 5 heteroatoms. The minimum absolute atomic E-state index is 0.248. The van der Waals surface area contributed by atoms with Gasteiger partial charge in [-0.25, -0.2) is 4.39 Å². The van der Waals surface area contributed by atoms with Gasteiger partial charge in [-0.3, -0.25) is 5.10 Å². The van der Waals surface area contributed by atoms with Crippen LogP contribution in [0.2, 0.25) is 0 Å². The monoisotopic (exact) mass is 303 g/mol. The molecule has 1 fully saturated rings. The maximum absolute atomic E-state index is 13.0. The topological polar surface area (TPSA) is 60.9 Å². The Labute approximate surface area is 129 Å². The number of hydrogen-bond donors (Lipinski definition) is 3. The van der Waals surface area contributed by atoms with E-state index in [1.807, 2.05) is 0 Å². The Hall–Kier alpha value is -1.72. The van der Waals surface area contributed by atoms with E-state index in [9.17, 15) is 9.50 Å². The fourth-order valence-corrected chi connectivity index (χ4v) is 3.18. The van der Waals surface area contributed by atoms with Crippen LogP contribution in [-0.4, -0.2) is 28.0 Å². The lowest BCUT2D eigenvalue weighted by atomic mass is 10.0. The summed E-state index contributed by atoms with van der Waals surface area (Å²) in [6.07, 6.45) is 6.23. The maximum atomic E-state index is 13.0. The molecule has 3 rings (SSSR count). The molecule has 1 heterocycles. The van der Waals surface area contributed by atoms with E-state index >= 15 is 0 Å². The molecule has 0 amide bonds. The van der Waals surface area contributed by atoms with Crippen LogP contribution in [0, 0.1) is 11.7 Å². The molecule has 0 spiro atoms. The summed E-state index contributed by atoms with van der Waals surface area (Å²) < 4.78 is 13.0. The van der Waals surface area contributed by atoms with Crippen LogP contribution in [0.4, 0.5) is 4.39 Å². The van der Waals surface area contributed by atoms with Crippen molar-refractivity contribution in [1.29, 1.82) is 0 Å². The first-order valence-corrected chi connectivity index (χ1v) is 7.91. The minimum atomic E-state index is -0.274. The van der Waals surface area contributed by atoms with Gasteiger partial charge in [0.15, 0.2) is 0 Å². The number of aromatic nitrogens is 2. The fourth-order valence-electron chi connectivity index (χ4n) is 3.18. The van der Waals surface area contributed by atoms with Crippen molar-refractivity contribution in [2.24, 2.45) is 5.92 Å². The number of aromatic amines is 1. The number of hydrogen-bond acceptors (Lipinski definition) is 3. The molecule has 3 N–H and O–H groups in total. The molecule has 1 aromatic carbocycles. The first-order chi connectivity index (χ1) is 10.7. The van der Waals surface area contributed by atoms with Crippen molar-refractivity contribution in [2.75, 3.05) is 6.54 Å². The van der Waals surface area contributed by atoms with E-state index in [1.54, 1.807) is 18.3 Å². The largest absolute Gasteiger partial charge is 0.392 e. The van der Waals surface area contributed by atoms with E-state index in [1.165, 1.54) is 25.0 Å². The number of rotatable bonds is 6. The van der Waals surface area contributed by atoms with Crippen LogP contribution in [0.25, 0.3) is 11.3 Å². The van der Waals surface area contributed by atoms with Crippen molar-refractivity contribution < 1.29 is 9.50 Å². The lowest BCUT2D eigenvalue weighted by Gasteiger charge is -2.18. The highest BCUT2D eigenvalue weighted by Gasteiger charge is 2.22. The minimum Gasteiger partial charge on any atom is -0.392 e. The quantitative estimate of drug-likeness (QED) is 0.769. The van der Waals surface area contributed by atoms with Gasteiger partial charge < -0.3 is 10.4 Å². The molecule has 0 aliphatic heterocycles. The third kappa shape index (κ3) is 3.54. The first-order valence-electron chi connectivity index (χ1n) is 7.91. The predicted molar refractivity (Wildman–Crippen MR) is 83.7 cm³/mol. The van der Waals surface area contributed by atoms with Crippen molar-refractivity contribution >= 4 is 0 Å². The molecule has 22 heavy (non-hydrogen) atoms. The molecular weight excluding hydrogens is 281 g/mol. The maximum Gasteiger partial charge on any atom is 0.123 e. The van der Waals surface area contributed by atoms with Crippen molar-refractivity contribution in [1.82, 2.24) is 15.5 Å². The average molecular weight is 303 g/mol. The Morgan fingerprint density at radius 1 is 1.27 bits per heavy atom. The van der Waals surface area contributed by atoms with Gasteiger partial charge in [-0.15, -0.1) is 0 Å². The van der Waals surface area contributed by atoms with Crippen LogP contribution < -0.4 is 5.32 Å². The van der Waals surface area contributed by atoms with Crippen molar-refractivity contribution in [3.8, 4) is 11.3 Å². The number of nitrogens with zero attached hydrogens (tertiary/aromatic N) is 1. The molecule has 0 radical (unpaired) electrons. The van der Waals surface area contributed by atoms with Gasteiger partial charge in [0.25, 0.3) is 0 Å². The highest BCUT2D eigenvalue weighted by molar-refractivity contribution is 5.62. The Kier molecular flexibility index (Phi) is 4.85. The molecule has 1 aliphatic rings. The van der Waals surface area contributed by atoms with Crippen molar-refractivity contribution in [3.05, 3.63) is 41.8 Å². The smallest absolute Gasteiger partial charge is 0.123 e. The Morgan fingerprint density at radius 3 is 2.73 bits per heavy atom. The van der Waals surface area contributed by atoms with Crippen LogP contribution in [0.15, 0.2) is 30.5 Å². The first kappa shape index (κ1) is 15.2. The summed E-state index contributed by atoms with van der Waals surface area (Å²) in [6, 6.07) is 6.36. The molecule has 1 atom stereocenters. The summed E-state index contributed by atoms with van der Waals surface area (Å²) in [7, 11) is 0. The summed E-state index contributed by atoms with van der Waals surface area (Å²) in [6.45, 7) is 1.23. The van der Waals surface area contributed by atoms with E-state index in [0.717, 1.165) is 29.7 Å². The van der Waals surface area contributed by atoms with Gasteiger partial charge in [0.1, 0.15) is 5.82 Å². The highest BCUT2D eigenvalue weighted by atomic mass is 19.1. The zero-order chi connectivity index (χ0) is 15.4. The molecule has 1 aromatic heterocycles. The SMILES string of the molecule is OC(CNCc1cn[nH]c1-c1ccc(F)cc1)C1CCCC1. The Bertz CT molecular complexity index is 590. The second kappa shape index (κ2) is 7.03. The third-order valence-corrected chi connectivity index (χ3v) is 4.46. The van der Waals surface area contributed by atoms with Crippen molar-refractivity contribution in [3.63, 3.8) is 0 Å². The molecule has 0 saturated heterocycles. The molecular formula is C17H22FN3O. The van der Waals surface area contributed by atoms with E-state index in [4.69, 9.17) is 0 Å². The molecule has 2 aromatic rings. The third-order valence-electron chi connectivity index (χ3n) is 4.46. The van der Waals surface area contributed by atoms with Crippen LogP contribution in [-0.2, 0) is 6.54 Å². The summed E-state index contributed by atoms with van der Waals surface area (Å²) in [5.74, 6) is 0.191. The predicted octanol–water partition coefficient (Wildman–Crippen LogP) is 2.86. The number of nitrogens with one attached hydrogen (secondary N) is 2. The zero-order valence-corrected chi connectivity index (χ0v) is 12.6. The van der Waals surface area contributed by atoms with Gasteiger partial charge in [-0.1, -0.05) is 12.8 Å². The number of aliphatic hydroxyl groups is 1. The van der Waals surface area contributed by atoms with Crippen LogP contribution >= 0.6 is 0 Å². The normalized spacial score (nSPS) is 17.0. The lowest BCUT2D eigenvalue weighted by molar-refractivity contribution is 0.109. The van der Waals surface area contributed by atoms with Crippen molar-refractivity contribution in [2.45, 2.75) is 38.3 Å². The molecule has 1 saturated carbocycles. The second-order valence-electron chi connectivity index (χ2n) is 6.02. The summed E-state index contributed by atoms with van der Waals surface area (Å²) >= 11 is 0. The molecule has 1 aliphatic carbocycles. The highest BCUT2D eigenvalue weighted by Crippen LogP contribution is 2.27. The summed E-state index contributed by atoms with van der Waals surface area (Å²) in [4.78, 5) is 0. The van der Waals surface area contributed by atoms with E-state index < -0.39 is 0 Å². The van der Waals surface area contributed by atoms with E-state index in [0.29, 0.717) is 19.0 Å². The number of halogens is 1. The standard InChI is InChI=1S/C17H22FN3O/c18-15-7-5-13(6-8-15)17-14(10-20-21-17)9-19-11-16(22)12-3-1-2-4-12/h5-8,10,12,16,19,22H,1-4,9,11H2,(H,20,21). The van der Waals surface area contributed by atoms with Crippen LogP contribution in [0.1, 0.15) is 31.2 Å². The molecule has 4 nitrogen and oxygen atoms in total. The molecule has 1 unspecified atom stereocenters. The van der Waals surface area contributed by atoms with E-state index in [2.05, 4.69) is 15.5 Å². The Morgan fingerprint density at radius 2 is 2.00 bits per heavy atom. The lowest BCUT2D eigenvalue weighted by Crippen LogP contribution is -2.31. The van der Waals surface area contributed by atoms with Gasteiger partial charge in [0, 0.05) is 24.2 Å². The molecule has 118 valence electrons. The van der Waals surface area contributed by atoms with Gasteiger partial charge >= 0.3 is 0 Å². The molecule has 0 bridgehead atoms. The number of benzene rings is 1. The van der Waals surface area contributed by atoms with Crippen LogP contribution in [0.3, 0.4) is 0 Å². The van der Waals surface area contributed by atoms with Gasteiger partial charge in [0.05, 0.1) is 18.0 Å². The van der Waals surface area contributed by atoms with Gasteiger partial charge in [0.2, 0.25) is 0 Å². The fraction of sp³-hybridized carbons (Fsp3) is 0.471. The van der Waals surface area contributed by atoms with Crippen LogP contribution in [0.5, 0.6) is 0 Å². The Balaban J connectivity index is 1.57. The van der Waals surface area contributed by atoms with E-state index in [-0.39, 0.29) is 11.9 Å².